The third-order valence-corrected chi connectivity index (χ3v) is 4.88. The zero-order valence-electron chi connectivity index (χ0n) is 16.3. The summed E-state index contributed by atoms with van der Waals surface area (Å²) >= 11 is 0. The second kappa shape index (κ2) is 10.1. The minimum Gasteiger partial charge on any atom is -0.872 e. The molecular formula is C25H20FeN2O2. The third kappa shape index (κ3) is 4.70. The van der Waals surface area contributed by atoms with Gasteiger partial charge in [-0.2, -0.15) is 0 Å². The summed E-state index contributed by atoms with van der Waals surface area (Å²) in [4.78, 5) is 8.81. The van der Waals surface area contributed by atoms with Crippen LogP contribution in [0.5, 0.6) is 11.5 Å². The van der Waals surface area contributed by atoms with Crippen molar-refractivity contribution in [1.82, 2.24) is 0 Å². The first-order chi connectivity index (χ1) is 14.2. The first kappa shape index (κ1) is 21.6. The molecule has 0 aliphatic rings. The SMILES string of the molecule is [Fe+2].[O-]c1ccc2ccccc2c1C=NCCCN=Cc1c([O-])ccc2ccccc12. The molecule has 4 nitrogen and oxygen atoms in total. The fourth-order valence-corrected chi connectivity index (χ4v) is 3.38. The van der Waals surface area contributed by atoms with Crippen LogP contribution in [0.25, 0.3) is 21.5 Å². The predicted octanol–water partition coefficient (Wildman–Crippen LogP) is 4.07. The van der Waals surface area contributed by atoms with Gasteiger partial charge >= 0.3 is 17.1 Å². The average Bonchev–Trinajstić information content (AvgIpc) is 2.75. The van der Waals surface area contributed by atoms with Gasteiger partial charge in [-0.05, 0) is 39.1 Å². The number of nitrogens with zero attached hydrogens (tertiary/aromatic N) is 2. The topological polar surface area (TPSA) is 70.8 Å². The first-order valence-electron chi connectivity index (χ1n) is 9.61. The van der Waals surface area contributed by atoms with Crippen LogP contribution in [0.1, 0.15) is 17.5 Å². The molecule has 0 aromatic heterocycles. The van der Waals surface area contributed by atoms with Crippen LogP contribution in [0, 0.1) is 0 Å². The van der Waals surface area contributed by atoms with Crippen LogP contribution >= 0.6 is 0 Å². The van der Waals surface area contributed by atoms with E-state index < -0.39 is 0 Å². The number of benzene rings is 4. The molecule has 0 fully saturated rings. The number of aliphatic imine (C=N–C) groups is 2. The van der Waals surface area contributed by atoms with E-state index in [1.807, 2.05) is 60.7 Å². The Labute approximate surface area is 186 Å². The summed E-state index contributed by atoms with van der Waals surface area (Å²) in [5, 5.41) is 28.2. The van der Waals surface area contributed by atoms with Gasteiger partial charge in [-0.1, -0.05) is 84.3 Å². The van der Waals surface area contributed by atoms with Crippen molar-refractivity contribution >= 4 is 34.0 Å². The van der Waals surface area contributed by atoms with Gasteiger partial charge in [-0.3, -0.25) is 9.98 Å². The number of hydrogen-bond acceptors (Lipinski definition) is 4. The van der Waals surface area contributed by atoms with Crippen molar-refractivity contribution in [2.24, 2.45) is 9.98 Å². The summed E-state index contributed by atoms with van der Waals surface area (Å²) in [5.74, 6) is -0.0474. The molecule has 150 valence electrons. The molecule has 4 aromatic rings. The summed E-state index contributed by atoms with van der Waals surface area (Å²) in [5.41, 5.74) is 1.25. The van der Waals surface area contributed by atoms with Crippen molar-refractivity contribution < 1.29 is 27.3 Å². The smallest absolute Gasteiger partial charge is 0.872 e. The summed E-state index contributed by atoms with van der Waals surface area (Å²) in [7, 11) is 0. The maximum Gasteiger partial charge on any atom is 2.00 e. The molecule has 0 bridgehead atoms. The molecule has 4 aromatic carbocycles. The average molecular weight is 436 g/mol. The van der Waals surface area contributed by atoms with Crippen LogP contribution in [0.3, 0.4) is 0 Å². The van der Waals surface area contributed by atoms with Crippen LogP contribution in [0.4, 0.5) is 0 Å². The Balaban J connectivity index is 0.00000256. The monoisotopic (exact) mass is 436 g/mol. The van der Waals surface area contributed by atoms with E-state index in [-0.39, 0.29) is 28.6 Å². The molecule has 0 atom stereocenters. The Bertz CT molecular complexity index is 1120. The molecule has 0 aliphatic carbocycles. The van der Waals surface area contributed by atoms with E-state index in [0.29, 0.717) is 24.2 Å². The molecule has 30 heavy (non-hydrogen) atoms. The molecule has 0 unspecified atom stereocenters. The van der Waals surface area contributed by atoms with E-state index in [1.165, 1.54) is 0 Å². The molecule has 0 N–H and O–H groups in total. The van der Waals surface area contributed by atoms with E-state index in [1.54, 1.807) is 24.6 Å². The second-order valence-corrected chi connectivity index (χ2v) is 6.82. The standard InChI is InChI=1S/C25H22N2O2.Fe/c28-24-12-10-18-6-1-3-8-20(18)22(24)16-26-14-5-15-27-17-23-21-9-4-2-7-19(21)11-13-25(23)29;/h1-4,6-13,16-17,28-29H,5,14-15H2;/q;+2/p-2. The van der Waals surface area contributed by atoms with Crippen LogP contribution in [0.15, 0.2) is 82.8 Å². The van der Waals surface area contributed by atoms with Crippen molar-refractivity contribution in [2.45, 2.75) is 6.42 Å². The van der Waals surface area contributed by atoms with Crippen LogP contribution < -0.4 is 10.2 Å². The van der Waals surface area contributed by atoms with E-state index in [0.717, 1.165) is 28.0 Å². The van der Waals surface area contributed by atoms with Gasteiger partial charge in [0.1, 0.15) is 0 Å². The van der Waals surface area contributed by atoms with Crippen LogP contribution in [0.2, 0.25) is 0 Å². The van der Waals surface area contributed by atoms with Gasteiger partial charge in [0.25, 0.3) is 0 Å². The predicted molar refractivity (Wildman–Crippen MR) is 116 cm³/mol. The molecule has 0 aliphatic heterocycles. The van der Waals surface area contributed by atoms with Gasteiger partial charge in [0.2, 0.25) is 0 Å². The summed E-state index contributed by atoms with van der Waals surface area (Å²) in [6.45, 7) is 1.14. The van der Waals surface area contributed by atoms with Crippen molar-refractivity contribution in [3.63, 3.8) is 0 Å². The van der Waals surface area contributed by atoms with Crippen LogP contribution in [-0.4, -0.2) is 25.5 Å². The maximum absolute atomic E-state index is 12.2. The van der Waals surface area contributed by atoms with Crippen molar-refractivity contribution in [1.29, 1.82) is 0 Å². The Morgan fingerprint density at radius 3 is 1.50 bits per heavy atom. The Hall–Kier alpha value is -3.14. The molecule has 0 saturated carbocycles. The molecular weight excluding hydrogens is 416 g/mol. The van der Waals surface area contributed by atoms with Crippen molar-refractivity contribution in [3.05, 3.63) is 83.9 Å². The zero-order valence-corrected chi connectivity index (χ0v) is 17.4. The molecule has 4 rings (SSSR count). The van der Waals surface area contributed by atoms with Gasteiger partial charge in [0.15, 0.2) is 0 Å². The van der Waals surface area contributed by atoms with Crippen molar-refractivity contribution in [2.75, 3.05) is 13.1 Å². The minimum absolute atomic E-state index is 0. The van der Waals surface area contributed by atoms with Gasteiger partial charge < -0.3 is 10.2 Å². The van der Waals surface area contributed by atoms with Crippen molar-refractivity contribution in [3.8, 4) is 11.5 Å². The third-order valence-electron chi connectivity index (χ3n) is 4.88. The quantitative estimate of drug-likeness (QED) is 0.260. The fourth-order valence-electron chi connectivity index (χ4n) is 3.38. The maximum atomic E-state index is 12.2. The Morgan fingerprint density at radius 2 is 1.03 bits per heavy atom. The molecule has 0 heterocycles. The number of fused-ring (bicyclic) bond motifs is 2. The Kier molecular flexibility index (Phi) is 7.23. The Morgan fingerprint density at radius 1 is 0.600 bits per heavy atom. The molecule has 5 heteroatoms. The van der Waals surface area contributed by atoms with E-state index in [4.69, 9.17) is 0 Å². The largest absolute Gasteiger partial charge is 2.00 e. The van der Waals surface area contributed by atoms with Gasteiger partial charge in [-0.15, -0.1) is 0 Å². The second-order valence-electron chi connectivity index (χ2n) is 6.82. The number of hydrogen-bond donors (Lipinski definition) is 0. The van der Waals surface area contributed by atoms with Gasteiger partial charge in [0, 0.05) is 25.5 Å². The summed E-state index contributed by atoms with van der Waals surface area (Å²) in [6, 6.07) is 22.4. The first-order valence-corrected chi connectivity index (χ1v) is 9.61. The van der Waals surface area contributed by atoms with E-state index in [9.17, 15) is 10.2 Å². The summed E-state index contributed by atoms with van der Waals surface area (Å²) in [6.07, 6.45) is 4.06. The van der Waals surface area contributed by atoms with Gasteiger partial charge in [0.05, 0.1) is 0 Å². The molecule has 0 radical (unpaired) electrons. The normalized spacial score (nSPS) is 11.5. The van der Waals surface area contributed by atoms with Gasteiger partial charge in [-0.25, -0.2) is 0 Å². The fraction of sp³-hybridized carbons (Fsp3) is 0.120. The molecule has 0 amide bonds. The minimum atomic E-state index is -0.0237. The van der Waals surface area contributed by atoms with Crippen LogP contribution in [-0.2, 0) is 17.1 Å². The number of rotatable bonds is 6. The zero-order chi connectivity index (χ0) is 20.1. The molecule has 0 saturated heterocycles. The van der Waals surface area contributed by atoms with E-state index in [2.05, 4.69) is 9.98 Å². The summed E-state index contributed by atoms with van der Waals surface area (Å²) < 4.78 is 0. The molecule has 0 spiro atoms. The van der Waals surface area contributed by atoms with E-state index >= 15 is 0 Å².